The number of carbonyl (C=O) groups excluding carboxylic acids is 3. The van der Waals surface area contributed by atoms with Gasteiger partial charge in [-0.1, -0.05) is 13.0 Å². The Kier molecular flexibility index (Phi) is 6.81. The highest BCUT2D eigenvalue weighted by molar-refractivity contribution is 7.21. The molecule has 0 spiro atoms. The minimum atomic E-state index is -0.369. The quantitative estimate of drug-likeness (QED) is 0.319. The Morgan fingerprint density at radius 3 is 2.80 bits per heavy atom. The van der Waals surface area contributed by atoms with Crippen molar-refractivity contribution in [2.24, 2.45) is 0 Å². The largest absolute Gasteiger partial charge is 0.439 e. The van der Waals surface area contributed by atoms with Crippen LogP contribution in [0.2, 0.25) is 0 Å². The van der Waals surface area contributed by atoms with Gasteiger partial charge in [0.25, 0.3) is 5.91 Å². The summed E-state index contributed by atoms with van der Waals surface area (Å²) in [5, 5.41) is 6.75. The number of ether oxygens (including phenoxy) is 1. The van der Waals surface area contributed by atoms with Gasteiger partial charge in [0, 0.05) is 44.0 Å². The van der Waals surface area contributed by atoms with Gasteiger partial charge < -0.3 is 20.3 Å². The second-order valence-corrected chi connectivity index (χ2v) is 10.8. The molecule has 0 aliphatic carbocycles. The van der Waals surface area contributed by atoms with Crippen LogP contribution in [0.5, 0.6) is 11.6 Å². The number of aryl methyl sites for hydroxylation is 1. The first-order valence-corrected chi connectivity index (χ1v) is 14.1. The number of anilines is 3. The van der Waals surface area contributed by atoms with E-state index in [0.29, 0.717) is 57.9 Å². The van der Waals surface area contributed by atoms with Gasteiger partial charge in [-0.05, 0) is 55.7 Å². The van der Waals surface area contributed by atoms with Gasteiger partial charge in [0.15, 0.2) is 0 Å². The third-order valence-corrected chi connectivity index (χ3v) is 8.23. The Morgan fingerprint density at radius 1 is 1.15 bits per heavy atom. The summed E-state index contributed by atoms with van der Waals surface area (Å²) in [6.45, 7) is 4.95. The Morgan fingerprint density at radius 2 is 2.02 bits per heavy atom. The standard InChI is InChI=1S/C29H28N6O4S/c1-3-23(36)34-14-6-7-18(16-34)32-27(37)26-25-24-21(11-13-31-28(24)40-26)35(29(38)33-25)20-10-9-19(15-17(20)2)39-22-8-4-5-12-30-22/h4-5,8-13,15,18H,3,6-7,14,16H2,1-2H3,(H,32,37)(H,33,38)/t18-/m1/s1. The fourth-order valence-corrected chi connectivity index (χ4v) is 6.27. The molecule has 2 N–H and O–H groups in total. The number of pyridine rings is 2. The maximum atomic E-state index is 13.5. The van der Waals surface area contributed by atoms with Crippen LogP contribution in [0.1, 0.15) is 41.4 Å². The molecule has 0 bridgehead atoms. The molecule has 1 saturated heterocycles. The highest BCUT2D eigenvalue weighted by atomic mass is 32.1. The number of hydrogen-bond acceptors (Lipinski definition) is 7. The molecular formula is C29H28N6O4S. The summed E-state index contributed by atoms with van der Waals surface area (Å²) >= 11 is 1.25. The molecule has 11 heteroatoms. The van der Waals surface area contributed by atoms with Gasteiger partial charge in [-0.3, -0.25) is 14.5 Å². The normalized spacial score (nSPS) is 16.6. The lowest BCUT2D eigenvalue weighted by molar-refractivity contribution is -0.132. The van der Waals surface area contributed by atoms with Crippen LogP contribution in [0.15, 0.2) is 54.9 Å². The molecular weight excluding hydrogens is 528 g/mol. The van der Waals surface area contributed by atoms with E-state index in [9.17, 15) is 14.4 Å². The van der Waals surface area contributed by atoms with E-state index in [0.717, 1.165) is 23.8 Å². The van der Waals surface area contributed by atoms with Crippen LogP contribution < -0.4 is 20.3 Å². The number of thiophene rings is 1. The van der Waals surface area contributed by atoms with Crippen molar-refractivity contribution in [1.29, 1.82) is 0 Å². The highest BCUT2D eigenvalue weighted by Crippen LogP contribution is 2.46. The Hall–Kier alpha value is -4.51. The van der Waals surface area contributed by atoms with Crippen molar-refractivity contribution in [2.45, 2.75) is 39.2 Å². The van der Waals surface area contributed by atoms with Gasteiger partial charge in [0.2, 0.25) is 11.8 Å². The maximum absolute atomic E-state index is 13.5. The molecule has 4 amide bonds. The third kappa shape index (κ3) is 4.73. The Bertz CT molecular complexity index is 1620. The number of urea groups is 1. The van der Waals surface area contributed by atoms with Crippen LogP contribution >= 0.6 is 11.3 Å². The molecule has 3 aromatic heterocycles. The van der Waals surface area contributed by atoms with E-state index >= 15 is 0 Å². The van der Waals surface area contributed by atoms with Crippen molar-refractivity contribution >= 4 is 56.5 Å². The predicted molar refractivity (Wildman–Crippen MR) is 154 cm³/mol. The molecule has 0 unspecified atom stereocenters. The molecule has 5 heterocycles. The number of likely N-dealkylation sites (tertiary alicyclic amines) is 1. The number of aromatic nitrogens is 2. The molecule has 0 saturated carbocycles. The Labute approximate surface area is 235 Å². The summed E-state index contributed by atoms with van der Waals surface area (Å²) in [7, 11) is 0. The van der Waals surface area contributed by atoms with Crippen LogP contribution in [-0.2, 0) is 4.79 Å². The van der Waals surface area contributed by atoms with E-state index in [1.807, 2.05) is 38.1 Å². The van der Waals surface area contributed by atoms with Crippen molar-refractivity contribution in [2.75, 3.05) is 23.3 Å². The topological polar surface area (TPSA) is 117 Å². The van der Waals surface area contributed by atoms with Gasteiger partial charge >= 0.3 is 6.03 Å². The van der Waals surface area contributed by atoms with Crippen LogP contribution in [0.25, 0.3) is 10.2 Å². The predicted octanol–water partition coefficient (Wildman–Crippen LogP) is 5.61. The van der Waals surface area contributed by atoms with Crippen molar-refractivity contribution in [1.82, 2.24) is 20.2 Å². The van der Waals surface area contributed by atoms with Crippen LogP contribution in [0, 0.1) is 6.92 Å². The molecule has 1 atom stereocenters. The van der Waals surface area contributed by atoms with E-state index in [-0.39, 0.29) is 23.9 Å². The van der Waals surface area contributed by atoms with Crippen molar-refractivity contribution < 1.29 is 19.1 Å². The van der Waals surface area contributed by atoms with Crippen LogP contribution in [0.3, 0.4) is 0 Å². The van der Waals surface area contributed by atoms with Gasteiger partial charge in [-0.25, -0.2) is 14.8 Å². The lowest BCUT2D eigenvalue weighted by Crippen LogP contribution is -2.49. The average Bonchev–Trinajstić information content (AvgIpc) is 3.33. The number of nitrogens with zero attached hydrogens (tertiary/aromatic N) is 4. The first-order chi connectivity index (χ1) is 19.4. The molecule has 204 valence electrons. The number of carbonyl (C=O) groups is 3. The van der Waals surface area contributed by atoms with Gasteiger partial charge in [-0.2, -0.15) is 0 Å². The highest BCUT2D eigenvalue weighted by Gasteiger charge is 2.34. The van der Waals surface area contributed by atoms with Gasteiger partial charge in [-0.15, -0.1) is 11.3 Å². The van der Waals surface area contributed by atoms with E-state index in [1.54, 1.807) is 40.4 Å². The number of rotatable bonds is 6. The summed E-state index contributed by atoms with van der Waals surface area (Å²) < 4.78 is 5.86. The van der Waals surface area contributed by atoms with Crippen molar-refractivity contribution in [3.05, 3.63) is 65.3 Å². The summed E-state index contributed by atoms with van der Waals surface area (Å²) in [6.07, 6.45) is 5.38. The first-order valence-electron chi connectivity index (χ1n) is 13.2. The molecule has 10 nitrogen and oxygen atoms in total. The molecule has 1 aromatic carbocycles. The minimum absolute atomic E-state index is 0.0868. The van der Waals surface area contributed by atoms with Crippen molar-refractivity contribution in [3.8, 4) is 11.6 Å². The number of hydrogen-bond donors (Lipinski definition) is 2. The maximum Gasteiger partial charge on any atom is 0.331 e. The number of amides is 4. The molecule has 40 heavy (non-hydrogen) atoms. The minimum Gasteiger partial charge on any atom is -0.439 e. The smallest absolute Gasteiger partial charge is 0.331 e. The molecule has 1 fully saturated rings. The molecule has 6 rings (SSSR count). The third-order valence-electron chi connectivity index (χ3n) is 7.13. The number of nitrogens with one attached hydrogen (secondary N) is 2. The second-order valence-electron chi connectivity index (χ2n) is 9.81. The van der Waals surface area contributed by atoms with E-state index in [2.05, 4.69) is 20.6 Å². The monoisotopic (exact) mass is 556 g/mol. The zero-order chi connectivity index (χ0) is 27.8. The SMILES string of the molecule is CCC(=O)N1CCC[C@@H](NC(=O)c2sc3nccc4c3c2NC(=O)N4c2ccc(Oc3ccccn3)cc2C)C1. The average molecular weight is 557 g/mol. The van der Waals surface area contributed by atoms with Crippen LogP contribution in [-0.4, -0.2) is 51.8 Å². The van der Waals surface area contributed by atoms with E-state index in [1.165, 1.54) is 11.3 Å². The number of benzene rings is 1. The molecule has 4 aromatic rings. The zero-order valence-corrected chi connectivity index (χ0v) is 23.0. The van der Waals surface area contributed by atoms with Crippen molar-refractivity contribution in [3.63, 3.8) is 0 Å². The second kappa shape index (κ2) is 10.6. The van der Waals surface area contributed by atoms with Crippen LogP contribution in [0.4, 0.5) is 21.9 Å². The summed E-state index contributed by atoms with van der Waals surface area (Å²) in [4.78, 5) is 52.3. The summed E-state index contributed by atoms with van der Waals surface area (Å²) in [5.41, 5.74) is 2.63. The van der Waals surface area contributed by atoms with E-state index in [4.69, 9.17) is 4.74 Å². The van der Waals surface area contributed by atoms with Gasteiger partial charge in [0.05, 0.1) is 22.4 Å². The van der Waals surface area contributed by atoms with Gasteiger partial charge in [0.1, 0.15) is 15.5 Å². The molecule has 0 radical (unpaired) electrons. The molecule has 2 aliphatic rings. The fourth-order valence-electron chi connectivity index (χ4n) is 5.25. The summed E-state index contributed by atoms with van der Waals surface area (Å²) in [5.74, 6) is 0.895. The molecule has 2 aliphatic heterocycles. The summed E-state index contributed by atoms with van der Waals surface area (Å²) in [6, 6.07) is 12.2. The number of piperidine rings is 1. The lowest BCUT2D eigenvalue weighted by atomic mass is 10.0. The zero-order valence-electron chi connectivity index (χ0n) is 22.1. The lowest BCUT2D eigenvalue weighted by Gasteiger charge is -2.33. The Balaban J connectivity index is 1.29. The first kappa shape index (κ1) is 25.8. The van der Waals surface area contributed by atoms with E-state index < -0.39 is 0 Å². The fraction of sp³-hybridized carbons (Fsp3) is 0.276.